The minimum atomic E-state index is -1.74. The molecule has 0 radical (unpaired) electrons. The van der Waals surface area contributed by atoms with Crippen molar-refractivity contribution in [1.82, 2.24) is 4.90 Å². The quantitative estimate of drug-likeness (QED) is 0.276. The summed E-state index contributed by atoms with van der Waals surface area (Å²) in [5.41, 5.74) is -0.484. The van der Waals surface area contributed by atoms with Crippen molar-refractivity contribution < 1.29 is 24.4 Å². The van der Waals surface area contributed by atoms with Crippen molar-refractivity contribution in [2.45, 2.75) is 11.5 Å². The molecule has 0 aromatic heterocycles. The van der Waals surface area contributed by atoms with Crippen molar-refractivity contribution in [3.8, 4) is 5.75 Å². The fourth-order valence-corrected chi connectivity index (χ4v) is 5.45. The number of Topliss-reactive ketones (excluding diaryl/α,β-unsaturated/α-hetero) is 3. The van der Waals surface area contributed by atoms with Crippen LogP contribution in [0.2, 0.25) is 0 Å². The summed E-state index contributed by atoms with van der Waals surface area (Å²) >= 11 is 0. The molecule has 1 heterocycles. The Morgan fingerprint density at radius 1 is 1.00 bits per heavy atom. The van der Waals surface area contributed by atoms with Crippen molar-refractivity contribution in [3.05, 3.63) is 105 Å². The van der Waals surface area contributed by atoms with E-state index in [4.69, 9.17) is 0 Å². The number of carbonyl (C=O) groups is 3. The van der Waals surface area contributed by atoms with Crippen molar-refractivity contribution in [3.63, 3.8) is 0 Å². The standard InChI is InChI=1S/C26H20N2O6/c1-27-14-21(15-9-11-17(12-10-15)28(33)34)22(23(30)16-5-4-6-18(29)13-16)26(27)24(31)19-7-2-3-8-20(19)25(26)32/h2-13,21-22,29H,14H2,1H3. The lowest BCUT2D eigenvalue weighted by molar-refractivity contribution is -0.384. The first-order valence-electron chi connectivity index (χ1n) is 10.7. The average molecular weight is 456 g/mol. The molecule has 34 heavy (non-hydrogen) atoms. The number of nitrogens with zero attached hydrogens (tertiary/aromatic N) is 2. The van der Waals surface area contributed by atoms with E-state index < -0.39 is 39.6 Å². The first-order valence-corrected chi connectivity index (χ1v) is 10.7. The van der Waals surface area contributed by atoms with E-state index in [-0.39, 0.29) is 34.7 Å². The Bertz CT molecular complexity index is 1330. The third kappa shape index (κ3) is 2.92. The van der Waals surface area contributed by atoms with Gasteiger partial charge in [0, 0.05) is 41.3 Å². The van der Waals surface area contributed by atoms with Gasteiger partial charge in [0.25, 0.3) is 5.69 Å². The largest absolute Gasteiger partial charge is 0.508 e. The number of phenolic OH excluding ortho intramolecular Hbond substituents is 1. The third-order valence-corrected chi connectivity index (χ3v) is 6.98. The smallest absolute Gasteiger partial charge is 0.269 e. The van der Waals surface area contributed by atoms with E-state index in [1.54, 1.807) is 48.3 Å². The van der Waals surface area contributed by atoms with Gasteiger partial charge in [-0.2, -0.15) is 0 Å². The molecule has 2 atom stereocenters. The maximum Gasteiger partial charge on any atom is 0.269 e. The molecule has 1 fully saturated rings. The number of rotatable bonds is 4. The zero-order chi connectivity index (χ0) is 24.2. The number of benzene rings is 3. The number of likely N-dealkylation sites (tertiary alicyclic amines) is 1. The van der Waals surface area contributed by atoms with Crippen LogP contribution in [0, 0.1) is 16.0 Å². The molecule has 0 amide bonds. The zero-order valence-electron chi connectivity index (χ0n) is 18.2. The van der Waals surface area contributed by atoms with Crippen LogP contribution in [0.15, 0.2) is 72.8 Å². The Balaban J connectivity index is 1.70. The average Bonchev–Trinajstić information content (AvgIpc) is 3.27. The first-order chi connectivity index (χ1) is 16.3. The zero-order valence-corrected chi connectivity index (χ0v) is 18.2. The van der Waals surface area contributed by atoms with Crippen molar-refractivity contribution in [1.29, 1.82) is 0 Å². The summed E-state index contributed by atoms with van der Waals surface area (Å²) in [6.07, 6.45) is 0. The Hall–Kier alpha value is -4.17. The molecule has 5 rings (SSSR count). The number of ketones is 3. The van der Waals surface area contributed by atoms with E-state index >= 15 is 0 Å². The van der Waals surface area contributed by atoms with Crippen molar-refractivity contribution >= 4 is 23.0 Å². The van der Waals surface area contributed by atoms with Crippen LogP contribution in [0.3, 0.4) is 0 Å². The lowest BCUT2D eigenvalue weighted by Crippen LogP contribution is -2.57. The predicted octanol–water partition coefficient (Wildman–Crippen LogP) is 3.65. The van der Waals surface area contributed by atoms with Crippen LogP contribution in [0.4, 0.5) is 5.69 Å². The molecule has 1 spiro atoms. The Morgan fingerprint density at radius 3 is 2.18 bits per heavy atom. The highest BCUT2D eigenvalue weighted by atomic mass is 16.6. The number of phenols is 1. The second kappa shape index (κ2) is 7.71. The maximum atomic E-state index is 14.0. The van der Waals surface area contributed by atoms with Crippen LogP contribution in [0.1, 0.15) is 42.6 Å². The SMILES string of the molecule is CN1CC(c2ccc([N+](=O)[O-])cc2)C(C(=O)c2cccc(O)c2)C12C(=O)c1ccccc1C2=O. The van der Waals surface area contributed by atoms with Gasteiger partial charge in [0.05, 0.1) is 10.8 Å². The number of carbonyl (C=O) groups excluding carboxylic acids is 3. The summed E-state index contributed by atoms with van der Waals surface area (Å²) in [7, 11) is 1.65. The number of nitro benzene ring substituents is 1. The molecule has 8 nitrogen and oxygen atoms in total. The molecule has 1 saturated heterocycles. The molecule has 2 unspecified atom stereocenters. The second-order valence-corrected chi connectivity index (χ2v) is 8.70. The van der Waals surface area contributed by atoms with Gasteiger partial charge in [0.1, 0.15) is 5.75 Å². The minimum Gasteiger partial charge on any atom is -0.508 e. The van der Waals surface area contributed by atoms with Crippen LogP contribution in [-0.4, -0.2) is 51.4 Å². The van der Waals surface area contributed by atoms with Gasteiger partial charge in [0.2, 0.25) is 0 Å². The number of hydrogen-bond donors (Lipinski definition) is 1. The Labute approximate surface area is 194 Å². The second-order valence-electron chi connectivity index (χ2n) is 8.70. The van der Waals surface area contributed by atoms with Crippen LogP contribution < -0.4 is 0 Å². The molecule has 170 valence electrons. The molecule has 1 aliphatic heterocycles. The first kappa shape index (κ1) is 21.7. The molecular weight excluding hydrogens is 436 g/mol. The number of non-ortho nitro benzene ring substituents is 1. The number of aromatic hydroxyl groups is 1. The normalized spacial score (nSPS) is 21.1. The van der Waals surface area contributed by atoms with Gasteiger partial charge in [-0.05, 0) is 24.7 Å². The van der Waals surface area contributed by atoms with Crippen LogP contribution in [0.25, 0.3) is 0 Å². The highest BCUT2D eigenvalue weighted by molar-refractivity contribution is 6.35. The van der Waals surface area contributed by atoms with E-state index in [1.807, 2.05) is 0 Å². The summed E-state index contributed by atoms with van der Waals surface area (Å²) in [6.45, 7) is 0.221. The van der Waals surface area contributed by atoms with E-state index in [0.29, 0.717) is 5.56 Å². The number of likely N-dealkylation sites (N-methyl/N-ethyl adjacent to an activating group) is 1. The van der Waals surface area contributed by atoms with Gasteiger partial charge in [-0.25, -0.2) is 0 Å². The lowest BCUT2D eigenvalue weighted by atomic mass is 9.70. The monoisotopic (exact) mass is 456 g/mol. The Morgan fingerprint density at radius 2 is 1.62 bits per heavy atom. The fraction of sp³-hybridized carbons (Fsp3) is 0.192. The predicted molar refractivity (Wildman–Crippen MR) is 122 cm³/mol. The summed E-state index contributed by atoms with van der Waals surface area (Å²) < 4.78 is 0. The van der Waals surface area contributed by atoms with E-state index in [9.17, 15) is 29.6 Å². The van der Waals surface area contributed by atoms with E-state index in [0.717, 1.165) is 0 Å². The van der Waals surface area contributed by atoms with Crippen molar-refractivity contribution in [2.24, 2.45) is 5.92 Å². The molecule has 1 aliphatic carbocycles. The van der Waals surface area contributed by atoms with Gasteiger partial charge in [0.15, 0.2) is 22.9 Å². The van der Waals surface area contributed by atoms with Crippen LogP contribution in [0.5, 0.6) is 5.75 Å². The summed E-state index contributed by atoms with van der Waals surface area (Å²) in [5, 5.41) is 21.1. The topological polar surface area (TPSA) is 118 Å². The van der Waals surface area contributed by atoms with Gasteiger partial charge in [-0.15, -0.1) is 0 Å². The lowest BCUT2D eigenvalue weighted by Gasteiger charge is -2.34. The van der Waals surface area contributed by atoms with Crippen LogP contribution in [-0.2, 0) is 0 Å². The Kier molecular flexibility index (Phi) is 4.91. The number of fused-ring (bicyclic) bond motifs is 1. The molecule has 2 aliphatic rings. The van der Waals surface area contributed by atoms with Gasteiger partial charge in [-0.3, -0.25) is 29.4 Å². The highest BCUT2D eigenvalue weighted by Gasteiger charge is 2.67. The third-order valence-electron chi connectivity index (χ3n) is 6.98. The van der Waals surface area contributed by atoms with Gasteiger partial charge < -0.3 is 5.11 Å². The van der Waals surface area contributed by atoms with Gasteiger partial charge >= 0.3 is 0 Å². The molecule has 0 bridgehead atoms. The molecule has 0 saturated carbocycles. The summed E-state index contributed by atoms with van der Waals surface area (Å²) in [4.78, 5) is 53.8. The highest BCUT2D eigenvalue weighted by Crippen LogP contribution is 2.51. The molecule has 3 aromatic carbocycles. The summed E-state index contributed by atoms with van der Waals surface area (Å²) in [6, 6.07) is 18.2. The number of hydrogen-bond acceptors (Lipinski definition) is 7. The maximum absolute atomic E-state index is 14.0. The van der Waals surface area contributed by atoms with E-state index in [2.05, 4.69) is 0 Å². The molecule has 8 heteroatoms. The van der Waals surface area contributed by atoms with Crippen molar-refractivity contribution in [2.75, 3.05) is 13.6 Å². The summed E-state index contributed by atoms with van der Waals surface area (Å²) in [5.74, 6) is -3.09. The fourth-order valence-electron chi connectivity index (χ4n) is 5.45. The van der Waals surface area contributed by atoms with Crippen LogP contribution >= 0.6 is 0 Å². The van der Waals surface area contributed by atoms with Gasteiger partial charge in [-0.1, -0.05) is 48.5 Å². The number of nitro groups is 1. The minimum absolute atomic E-state index is 0.0962. The molecular formula is C26H20N2O6. The van der Waals surface area contributed by atoms with E-state index in [1.165, 1.54) is 36.4 Å². The molecule has 3 aromatic rings. The molecule has 1 N–H and O–H groups in total.